The SMILES string of the molecule is Cc1cscc1C(=O)N(Cc1scnc1C)CC1CCNC1. The predicted octanol–water partition coefficient (Wildman–Crippen LogP) is 3.07. The van der Waals surface area contributed by atoms with Crippen molar-refractivity contribution in [2.75, 3.05) is 19.6 Å². The Morgan fingerprint density at radius 1 is 1.45 bits per heavy atom. The lowest BCUT2D eigenvalue weighted by Gasteiger charge is -2.25. The number of hydrogen-bond donors (Lipinski definition) is 1. The van der Waals surface area contributed by atoms with Crippen molar-refractivity contribution < 1.29 is 4.79 Å². The van der Waals surface area contributed by atoms with Gasteiger partial charge in [-0.25, -0.2) is 4.98 Å². The van der Waals surface area contributed by atoms with E-state index in [0.717, 1.165) is 42.9 Å². The van der Waals surface area contributed by atoms with E-state index in [0.29, 0.717) is 12.5 Å². The highest BCUT2D eigenvalue weighted by Gasteiger charge is 2.25. The van der Waals surface area contributed by atoms with Crippen LogP contribution in [0.15, 0.2) is 16.3 Å². The fourth-order valence-electron chi connectivity index (χ4n) is 2.80. The van der Waals surface area contributed by atoms with Gasteiger partial charge in [-0.05, 0) is 50.2 Å². The summed E-state index contributed by atoms with van der Waals surface area (Å²) in [6, 6.07) is 0. The van der Waals surface area contributed by atoms with E-state index in [2.05, 4.69) is 10.3 Å². The van der Waals surface area contributed by atoms with E-state index in [4.69, 9.17) is 0 Å². The number of hydrogen-bond acceptors (Lipinski definition) is 5. The molecule has 22 heavy (non-hydrogen) atoms. The molecule has 4 nitrogen and oxygen atoms in total. The van der Waals surface area contributed by atoms with E-state index in [9.17, 15) is 4.79 Å². The number of amides is 1. The van der Waals surface area contributed by atoms with Crippen LogP contribution in [0.5, 0.6) is 0 Å². The molecule has 0 saturated carbocycles. The summed E-state index contributed by atoms with van der Waals surface area (Å²) in [7, 11) is 0. The fourth-order valence-corrected chi connectivity index (χ4v) is 4.42. The Morgan fingerprint density at radius 3 is 2.91 bits per heavy atom. The van der Waals surface area contributed by atoms with Crippen molar-refractivity contribution in [1.29, 1.82) is 0 Å². The molecule has 3 rings (SSSR count). The molecule has 1 unspecified atom stereocenters. The number of thiophene rings is 1. The maximum atomic E-state index is 12.9. The first-order valence-electron chi connectivity index (χ1n) is 7.57. The van der Waals surface area contributed by atoms with Crippen molar-refractivity contribution in [3.05, 3.63) is 38.0 Å². The normalized spacial score (nSPS) is 17.8. The summed E-state index contributed by atoms with van der Waals surface area (Å²) in [5.41, 5.74) is 4.82. The minimum absolute atomic E-state index is 0.151. The Labute approximate surface area is 139 Å². The summed E-state index contributed by atoms with van der Waals surface area (Å²) in [5.74, 6) is 0.703. The fraction of sp³-hybridized carbons (Fsp3) is 0.500. The largest absolute Gasteiger partial charge is 0.333 e. The van der Waals surface area contributed by atoms with Crippen molar-refractivity contribution in [3.63, 3.8) is 0 Å². The third-order valence-corrected chi connectivity index (χ3v) is 5.97. The van der Waals surface area contributed by atoms with Gasteiger partial charge in [-0.3, -0.25) is 4.79 Å². The summed E-state index contributed by atoms with van der Waals surface area (Å²) in [6.45, 7) is 7.58. The zero-order valence-corrected chi connectivity index (χ0v) is 14.6. The topological polar surface area (TPSA) is 45.2 Å². The van der Waals surface area contributed by atoms with E-state index in [1.807, 2.05) is 35.0 Å². The van der Waals surface area contributed by atoms with E-state index in [1.54, 1.807) is 22.7 Å². The molecule has 0 bridgehead atoms. The van der Waals surface area contributed by atoms with Crippen LogP contribution in [0.3, 0.4) is 0 Å². The van der Waals surface area contributed by atoms with Crippen molar-refractivity contribution in [1.82, 2.24) is 15.2 Å². The molecule has 1 N–H and O–H groups in total. The molecule has 1 fully saturated rings. The number of nitrogens with zero attached hydrogens (tertiary/aromatic N) is 2. The van der Waals surface area contributed by atoms with E-state index in [1.165, 1.54) is 4.88 Å². The van der Waals surface area contributed by atoms with Crippen LogP contribution in [0.1, 0.15) is 32.9 Å². The lowest BCUT2D eigenvalue weighted by molar-refractivity contribution is 0.0720. The first-order valence-corrected chi connectivity index (χ1v) is 9.39. The molecule has 0 spiro atoms. The Bertz CT molecular complexity index is 643. The molecule has 0 radical (unpaired) electrons. The van der Waals surface area contributed by atoms with Crippen LogP contribution < -0.4 is 5.32 Å². The van der Waals surface area contributed by atoms with E-state index in [-0.39, 0.29) is 5.91 Å². The molecule has 1 saturated heterocycles. The Morgan fingerprint density at radius 2 is 2.32 bits per heavy atom. The highest BCUT2D eigenvalue weighted by molar-refractivity contribution is 7.09. The molecule has 1 atom stereocenters. The van der Waals surface area contributed by atoms with Crippen molar-refractivity contribution >= 4 is 28.6 Å². The molecule has 1 aliphatic heterocycles. The third-order valence-electron chi connectivity index (χ3n) is 4.19. The summed E-state index contributed by atoms with van der Waals surface area (Å²) in [6.07, 6.45) is 1.15. The number of aromatic nitrogens is 1. The molecule has 3 heterocycles. The summed E-state index contributed by atoms with van der Waals surface area (Å²) in [5, 5.41) is 7.40. The van der Waals surface area contributed by atoms with Gasteiger partial charge in [0.2, 0.25) is 0 Å². The van der Waals surface area contributed by atoms with Gasteiger partial charge < -0.3 is 10.2 Å². The maximum absolute atomic E-state index is 12.9. The van der Waals surface area contributed by atoms with Gasteiger partial charge in [-0.1, -0.05) is 0 Å². The van der Waals surface area contributed by atoms with Crippen molar-refractivity contribution in [2.24, 2.45) is 5.92 Å². The highest BCUT2D eigenvalue weighted by atomic mass is 32.1. The predicted molar refractivity (Wildman–Crippen MR) is 91.6 cm³/mol. The van der Waals surface area contributed by atoms with E-state index >= 15 is 0 Å². The number of nitrogens with one attached hydrogen (secondary N) is 1. The quantitative estimate of drug-likeness (QED) is 0.913. The van der Waals surface area contributed by atoms with Crippen LogP contribution in [0.2, 0.25) is 0 Å². The number of rotatable bonds is 5. The van der Waals surface area contributed by atoms with Gasteiger partial charge in [0.05, 0.1) is 23.3 Å². The number of aryl methyl sites for hydroxylation is 2. The molecule has 6 heteroatoms. The lowest BCUT2D eigenvalue weighted by Crippen LogP contribution is -2.35. The average molecular weight is 335 g/mol. The summed E-state index contributed by atoms with van der Waals surface area (Å²) >= 11 is 3.23. The number of carbonyl (C=O) groups excluding carboxylic acids is 1. The van der Waals surface area contributed by atoms with Crippen LogP contribution in [-0.4, -0.2) is 35.4 Å². The lowest BCUT2D eigenvalue weighted by atomic mass is 10.1. The van der Waals surface area contributed by atoms with E-state index < -0.39 is 0 Å². The second-order valence-electron chi connectivity index (χ2n) is 5.87. The third kappa shape index (κ3) is 3.39. The van der Waals surface area contributed by atoms with Gasteiger partial charge in [0.15, 0.2) is 0 Å². The van der Waals surface area contributed by atoms with Crippen molar-refractivity contribution in [2.45, 2.75) is 26.8 Å². The Hall–Kier alpha value is -1.24. The maximum Gasteiger partial charge on any atom is 0.255 e. The van der Waals surface area contributed by atoms with Crippen LogP contribution in [-0.2, 0) is 6.54 Å². The molecule has 2 aromatic heterocycles. The van der Waals surface area contributed by atoms with Gasteiger partial charge in [-0.15, -0.1) is 11.3 Å². The van der Waals surface area contributed by atoms with Gasteiger partial charge >= 0.3 is 0 Å². The van der Waals surface area contributed by atoms with Crippen LogP contribution >= 0.6 is 22.7 Å². The van der Waals surface area contributed by atoms with Gasteiger partial charge in [-0.2, -0.15) is 11.3 Å². The molecule has 1 aliphatic rings. The summed E-state index contributed by atoms with van der Waals surface area (Å²) in [4.78, 5) is 20.5. The summed E-state index contributed by atoms with van der Waals surface area (Å²) < 4.78 is 0. The molecule has 0 aromatic carbocycles. The van der Waals surface area contributed by atoms with Crippen LogP contribution in [0.4, 0.5) is 0 Å². The van der Waals surface area contributed by atoms with Gasteiger partial charge in [0.1, 0.15) is 0 Å². The first kappa shape index (κ1) is 15.6. The molecule has 118 valence electrons. The second-order valence-corrected chi connectivity index (χ2v) is 7.56. The first-order chi connectivity index (χ1) is 10.6. The smallest absolute Gasteiger partial charge is 0.255 e. The zero-order valence-electron chi connectivity index (χ0n) is 13.0. The molecule has 0 aliphatic carbocycles. The average Bonchev–Trinajstić information content (AvgIpc) is 3.22. The minimum atomic E-state index is 0.151. The Kier molecular flexibility index (Phi) is 4.90. The standard InChI is InChI=1S/C16H21N3OS2/c1-11-8-21-9-14(11)16(20)19(6-13-3-4-17-5-13)7-15-12(2)18-10-22-15/h8-10,13,17H,3-7H2,1-2H3. The monoisotopic (exact) mass is 335 g/mol. The Balaban J connectivity index is 1.80. The van der Waals surface area contributed by atoms with Crippen LogP contribution in [0, 0.1) is 19.8 Å². The zero-order chi connectivity index (χ0) is 15.5. The van der Waals surface area contributed by atoms with Crippen molar-refractivity contribution in [3.8, 4) is 0 Å². The number of thiazole rings is 1. The van der Waals surface area contributed by atoms with Gasteiger partial charge in [0, 0.05) is 16.8 Å². The molecular weight excluding hydrogens is 314 g/mol. The van der Waals surface area contributed by atoms with Crippen LogP contribution in [0.25, 0.3) is 0 Å². The number of carbonyl (C=O) groups is 1. The van der Waals surface area contributed by atoms with Gasteiger partial charge in [0.25, 0.3) is 5.91 Å². The molecular formula is C16H21N3OS2. The second kappa shape index (κ2) is 6.89. The highest BCUT2D eigenvalue weighted by Crippen LogP contribution is 2.22. The molecule has 1 amide bonds. The molecule has 2 aromatic rings. The minimum Gasteiger partial charge on any atom is -0.333 e.